The van der Waals surface area contributed by atoms with Crippen molar-refractivity contribution in [3.63, 3.8) is 0 Å². The minimum atomic E-state index is -0.428. The van der Waals surface area contributed by atoms with Crippen molar-refractivity contribution in [2.24, 2.45) is 4.99 Å². The van der Waals surface area contributed by atoms with Crippen LogP contribution in [0, 0.1) is 12.7 Å². The summed E-state index contributed by atoms with van der Waals surface area (Å²) in [4.78, 5) is 8.94. The van der Waals surface area contributed by atoms with Crippen LogP contribution in [-0.4, -0.2) is 17.9 Å². The van der Waals surface area contributed by atoms with E-state index in [1.807, 2.05) is 19.2 Å². The highest BCUT2D eigenvalue weighted by Gasteiger charge is 2.14. The van der Waals surface area contributed by atoms with Crippen molar-refractivity contribution in [1.82, 2.24) is 10.3 Å². The third-order valence-corrected chi connectivity index (χ3v) is 4.18. The first-order valence-electron chi connectivity index (χ1n) is 6.15. The molecule has 1 aromatic heterocycles. The largest absolute Gasteiger partial charge is 0.371 e. The summed E-state index contributed by atoms with van der Waals surface area (Å²) in [6, 6.07) is 4.49. The molecule has 0 saturated carbocycles. The molecule has 1 aromatic carbocycles. The Hall–Kier alpha value is -1.46. The molecule has 2 rings (SSSR count). The molecule has 0 aliphatic carbocycles. The molecule has 6 heteroatoms. The maximum absolute atomic E-state index is 13.5. The summed E-state index contributed by atoms with van der Waals surface area (Å²) in [6.07, 6.45) is 0. The fraction of sp³-hybridized carbons (Fsp3) is 0.286. The molecular formula is C14H15ClFN3S. The van der Waals surface area contributed by atoms with Gasteiger partial charge in [-0.2, -0.15) is 0 Å². The van der Waals surface area contributed by atoms with Crippen LogP contribution in [0.2, 0.25) is 5.02 Å². The summed E-state index contributed by atoms with van der Waals surface area (Å²) in [5.74, 6) is 0.248. The summed E-state index contributed by atoms with van der Waals surface area (Å²) < 4.78 is 13.5. The minimum absolute atomic E-state index is 0.120. The van der Waals surface area contributed by atoms with E-state index in [0.29, 0.717) is 11.4 Å². The highest BCUT2D eigenvalue weighted by atomic mass is 35.5. The fourth-order valence-electron chi connectivity index (χ4n) is 1.80. The van der Waals surface area contributed by atoms with E-state index in [-0.39, 0.29) is 11.1 Å². The lowest BCUT2D eigenvalue weighted by Crippen LogP contribution is -2.20. The van der Waals surface area contributed by atoms with Gasteiger partial charge in [-0.25, -0.2) is 9.37 Å². The van der Waals surface area contributed by atoms with E-state index in [4.69, 9.17) is 11.6 Å². The number of benzene rings is 1. The molecule has 0 saturated heterocycles. The van der Waals surface area contributed by atoms with E-state index >= 15 is 0 Å². The van der Waals surface area contributed by atoms with Crippen molar-refractivity contribution >= 4 is 28.8 Å². The quantitative estimate of drug-likeness (QED) is 0.688. The Labute approximate surface area is 126 Å². The number of nitrogens with zero attached hydrogens (tertiary/aromatic N) is 2. The molecule has 0 aliphatic rings. The molecule has 106 valence electrons. The van der Waals surface area contributed by atoms with Crippen LogP contribution >= 0.6 is 22.9 Å². The third-order valence-electron chi connectivity index (χ3n) is 2.81. The monoisotopic (exact) mass is 311 g/mol. The second kappa shape index (κ2) is 6.33. The zero-order valence-electron chi connectivity index (χ0n) is 11.4. The number of halogens is 2. The average molecular weight is 312 g/mol. The smallest absolute Gasteiger partial charge is 0.158 e. The van der Waals surface area contributed by atoms with Crippen molar-refractivity contribution in [3.05, 3.63) is 50.7 Å². The van der Waals surface area contributed by atoms with Gasteiger partial charge in [-0.1, -0.05) is 23.7 Å². The Morgan fingerprint density at radius 2 is 2.25 bits per heavy atom. The molecule has 1 atom stereocenters. The van der Waals surface area contributed by atoms with E-state index in [0.717, 1.165) is 10.7 Å². The average Bonchev–Trinajstić information content (AvgIpc) is 2.85. The van der Waals surface area contributed by atoms with Crippen LogP contribution in [0.4, 0.5) is 4.39 Å². The molecule has 1 N–H and O–H groups in total. The van der Waals surface area contributed by atoms with Crippen LogP contribution in [0.25, 0.3) is 0 Å². The summed E-state index contributed by atoms with van der Waals surface area (Å²) >= 11 is 7.50. The van der Waals surface area contributed by atoms with Gasteiger partial charge in [-0.05, 0) is 25.5 Å². The van der Waals surface area contributed by atoms with Gasteiger partial charge in [0.2, 0.25) is 0 Å². The molecule has 0 spiro atoms. The van der Waals surface area contributed by atoms with Crippen LogP contribution in [-0.2, 0) is 0 Å². The highest BCUT2D eigenvalue weighted by Crippen LogP contribution is 2.28. The number of aryl methyl sites for hydroxylation is 1. The van der Waals surface area contributed by atoms with Crippen molar-refractivity contribution in [3.8, 4) is 0 Å². The second-order valence-corrected chi connectivity index (χ2v) is 5.58. The van der Waals surface area contributed by atoms with Gasteiger partial charge in [0.25, 0.3) is 0 Å². The maximum atomic E-state index is 13.5. The zero-order chi connectivity index (χ0) is 14.7. The number of aromatic nitrogens is 1. The van der Waals surface area contributed by atoms with Crippen LogP contribution < -0.4 is 5.32 Å². The van der Waals surface area contributed by atoms with Gasteiger partial charge in [0.1, 0.15) is 5.82 Å². The SMILES string of the molecule is CN/C(=N\[C@H](C)c1cccc(F)c1Cl)c1nc(C)cs1. The number of amidine groups is 1. The first kappa shape index (κ1) is 14.9. The lowest BCUT2D eigenvalue weighted by Gasteiger charge is -2.12. The lowest BCUT2D eigenvalue weighted by atomic mass is 10.1. The predicted molar refractivity (Wildman–Crippen MR) is 82.3 cm³/mol. The predicted octanol–water partition coefficient (Wildman–Crippen LogP) is 3.97. The van der Waals surface area contributed by atoms with Crippen LogP contribution in [0.15, 0.2) is 28.6 Å². The number of rotatable bonds is 3. The third kappa shape index (κ3) is 3.16. The normalized spacial score (nSPS) is 13.3. The number of aliphatic imine (C=N–C) groups is 1. The maximum Gasteiger partial charge on any atom is 0.158 e. The van der Waals surface area contributed by atoms with E-state index in [1.165, 1.54) is 17.4 Å². The molecule has 0 unspecified atom stereocenters. The van der Waals surface area contributed by atoms with Gasteiger partial charge >= 0.3 is 0 Å². The van der Waals surface area contributed by atoms with Gasteiger partial charge in [0.15, 0.2) is 10.8 Å². The summed E-state index contributed by atoms with van der Waals surface area (Å²) in [6.45, 7) is 3.80. The molecule has 3 nitrogen and oxygen atoms in total. The van der Waals surface area contributed by atoms with Gasteiger partial charge < -0.3 is 5.32 Å². The number of hydrogen-bond donors (Lipinski definition) is 1. The molecule has 0 fully saturated rings. The molecule has 20 heavy (non-hydrogen) atoms. The summed E-state index contributed by atoms with van der Waals surface area (Å²) in [5, 5.41) is 5.92. The van der Waals surface area contributed by atoms with Gasteiger partial charge in [-0.3, -0.25) is 4.99 Å². The minimum Gasteiger partial charge on any atom is -0.371 e. The van der Waals surface area contributed by atoms with Gasteiger partial charge in [0, 0.05) is 18.1 Å². The Morgan fingerprint density at radius 1 is 1.50 bits per heavy atom. The Morgan fingerprint density at radius 3 is 2.85 bits per heavy atom. The Balaban J connectivity index is 2.34. The standard InChI is InChI=1S/C14H15ClFN3S/c1-8-7-20-14(18-8)13(17-3)19-9(2)10-5-4-6-11(16)12(10)15/h4-7,9H,1-3H3,(H,17,19)/t9-/m1/s1. The van der Waals surface area contributed by atoms with Crippen LogP contribution in [0.1, 0.15) is 29.2 Å². The first-order chi connectivity index (χ1) is 9.52. The summed E-state index contributed by atoms with van der Waals surface area (Å²) in [7, 11) is 1.79. The number of thiazole rings is 1. The molecule has 0 amide bonds. The van der Waals surface area contributed by atoms with Crippen molar-refractivity contribution < 1.29 is 4.39 Å². The Kier molecular flexibility index (Phi) is 4.73. The fourth-order valence-corrected chi connectivity index (χ4v) is 2.88. The zero-order valence-corrected chi connectivity index (χ0v) is 13.0. The molecule has 0 bridgehead atoms. The number of hydrogen-bond acceptors (Lipinski definition) is 3. The van der Waals surface area contributed by atoms with Crippen LogP contribution in [0.5, 0.6) is 0 Å². The van der Waals surface area contributed by atoms with E-state index in [2.05, 4.69) is 15.3 Å². The van der Waals surface area contributed by atoms with Gasteiger partial charge in [0.05, 0.1) is 11.1 Å². The number of nitrogens with one attached hydrogen (secondary N) is 1. The second-order valence-electron chi connectivity index (χ2n) is 4.34. The van der Waals surface area contributed by atoms with E-state index < -0.39 is 5.82 Å². The molecular weight excluding hydrogens is 297 g/mol. The Bertz CT molecular complexity index is 639. The molecule has 1 heterocycles. The topological polar surface area (TPSA) is 37.3 Å². The lowest BCUT2D eigenvalue weighted by molar-refractivity contribution is 0.623. The first-order valence-corrected chi connectivity index (χ1v) is 7.40. The van der Waals surface area contributed by atoms with Crippen molar-refractivity contribution in [2.45, 2.75) is 19.9 Å². The van der Waals surface area contributed by atoms with E-state index in [9.17, 15) is 4.39 Å². The van der Waals surface area contributed by atoms with Crippen molar-refractivity contribution in [2.75, 3.05) is 7.05 Å². The molecule has 0 aliphatic heterocycles. The van der Waals surface area contributed by atoms with E-state index in [1.54, 1.807) is 19.2 Å². The molecule has 2 aromatic rings. The highest BCUT2D eigenvalue weighted by molar-refractivity contribution is 7.11. The molecule has 0 radical (unpaired) electrons. The van der Waals surface area contributed by atoms with Gasteiger partial charge in [-0.15, -0.1) is 11.3 Å². The van der Waals surface area contributed by atoms with Crippen LogP contribution in [0.3, 0.4) is 0 Å². The summed E-state index contributed by atoms with van der Waals surface area (Å²) in [5.41, 5.74) is 1.61. The van der Waals surface area contributed by atoms with Crippen molar-refractivity contribution in [1.29, 1.82) is 0 Å².